The number of allylic oxidation sites excluding steroid dienone is 1. The number of benzene rings is 2. The van der Waals surface area contributed by atoms with Gasteiger partial charge in [0.05, 0.1) is 25.1 Å². The van der Waals surface area contributed by atoms with Crippen LogP contribution in [0.4, 0.5) is 20.2 Å². The van der Waals surface area contributed by atoms with Crippen LogP contribution in [0.25, 0.3) is 5.69 Å². The molecule has 4 rings (SSSR count). The van der Waals surface area contributed by atoms with E-state index in [0.717, 1.165) is 0 Å². The molecule has 1 fully saturated rings. The predicted molar refractivity (Wildman–Crippen MR) is 129 cm³/mol. The number of aromatic nitrogens is 2. The van der Waals surface area contributed by atoms with Crippen LogP contribution in [0.3, 0.4) is 0 Å². The zero-order chi connectivity index (χ0) is 24.1. The Morgan fingerprint density at radius 1 is 1.21 bits per heavy atom. The molecule has 0 spiro atoms. The third kappa shape index (κ3) is 5.14. The Morgan fingerprint density at radius 2 is 2.00 bits per heavy atom. The maximum absolute atomic E-state index is 13.9. The van der Waals surface area contributed by atoms with Crippen molar-refractivity contribution in [3.8, 4) is 11.4 Å². The van der Waals surface area contributed by atoms with Crippen molar-refractivity contribution >= 4 is 17.1 Å². The van der Waals surface area contributed by atoms with Crippen molar-refractivity contribution in [3.05, 3.63) is 89.0 Å². The van der Waals surface area contributed by atoms with Crippen LogP contribution >= 0.6 is 0 Å². The Kier molecular flexibility index (Phi) is 6.72. The van der Waals surface area contributed by atoms with Gasteiger partial charge >= 0.3 is 0 Å². The van der Waals surface area contributed by atoms with Crippen LogP contribution in [0.15, 0.2) is 82.9 Å². The molecule has 0 unspecified atom stereocenters. The molecule has 34 heavy (non-hydrogen) atoms. The van der Waals surface area contributed by atoms with Crippen molar-refractivity contribution < 1.29 is 13.5 Å². The summed E-state index contributed by atoms with van der Waals surface area (Å²) in [7, 11) is 1.50. The van der Waals surface area contributed by atoms with Crippen molar-refractivity contribution in [1.82, 2.24) is 9.78 Å². The Labute approximate surface area is 195 Å². The maximum atomic E-state index is 13.9. The first-order chi connectivity index (χ1) is 16.4. The van der Waals surface area contributed by atoms with Crippen molar-refractivity contribution in [2.24, 2.45) is 10.7 Å². The van der Waals surface area contributed by atoms with Crippen LogP contribution in [0.1, 0.15) is 18.5 Å². The first-order valence-electron chi connectivity index (χ1n) is 10.8. The number of para-hydroxylation sites is 1. The standard InChI is InChI=1S/C25H25F2N5O2/c1-34-23-16-19(31-14-5-12-25(26,27)17-31)8-9-21(23)32-15-11-22(33)24(30-32)20(10-13-28)29-18-6-3-2-4-7-18/h2-4,6-11,13,15-16H,5,12,14,17,28H2,1H3. The lowest BCUT2D eigenvalue weighted by atomic mass is 10.1. The minimum atomic E-state index is -2.72. The van der Waals surface area contributed by atoms with Crippen LogP contribution in [0.2, 0.25) is 0 Å². The lowest BCUT2D eigenvalue weighted by Gasteiger charge is -2.34. The predicted octanol–water partition coefficient (Wildman–Crippen LogP) is 4.07. The van der Waals surface area contributed by atoms with Crippen molar-refractivity contribution in [3.63, 3.8) is 0 Å². The second kappa shape index (κ2) is 9.86. The Hall–Kier alpha value is -4.01. The van der Waals surface area contributed by atoms with Crippen LogP contribution in [-0.2, 0) is 0 Å². The molecule has 0 bridgehead atoms. The summed E-state index contributed by atoms with van der Waals surface area (Å²) in [6.07, 6.45) is 4.64. The largest absolute Gasteiger partial charge is 0.494 e. The fourth-order valence-electron chi connectivity index (χ4n) is 3.86. The smallest absolute Gasteiger partial charge is 0.265 e. The second-order valence-electron chi connectivity index (χ2n) is 7.90. The van der Waals surface area contributed by atoms with E-state index in [9.17, 15) is 13.6 Å². The first kappa shape index (κ1) is 23.2. The highest BCUT2D eigenvalue weighted by atomic mass is 19.3. The normalized spacial score (nSPS) is 16.1. The molecule has 1 aromatic heterocycles. The molecule has 1 aliphatic rings. The fraction of sp³-hybridized carbons (Fsp3) is 0.240. The van der Waals surface area contributed by atoms with Crippen LogP contribution in [-0.4, -0.2) is 41.6 Å². The summed E-state index contributed by atoms with van der Waals surface area (Å²) in [5.74, 6) is -2.28. The van der Waals surface area contributed by atoms with Gasteiger partial charge in [0.1, 0.15) is 11.4 Å². The third-order valence-electron chi connectivity index (χ3n) is 5.48. The highest BCUT2D eigenvalue weighted by Crippen LogP contribution is 2.33. The van der Waals surface area contributed by atoms with E-state index in [0.29, 0.717) is 41.5 Å². The van der Waals surface area contributed by atoms with E-state index in [2.05, 4.69) is 10.1 Å². The van der Waals surface area contributed by atoms with Crippen LogP contribution in [0.5, 0.6) is 5.75 Å². The number of hydrogen-bond acceptors (Lipinski definition) is 6. The van der Waals surface area contributed by atoms with Crippen molar-refractivity contribution in [2.75, 3.05) is 25.1 Å². The average Bonchev–Trinajstić information content (AvgIpc) is 2.84. The minimum Gasteiger partial charge on any atom is -0.494 e. The molecular formula is C25H25F2N5O2. The number of rotatable bonds is 6. The van der Waals surface area contributed by atoms with E-state index in [1.807, 2.05) is 18.2 Å². The topological polar surface area (TPSA) is 85.7 Å². The number of nitrogens with two attached hydrogens (primary N) is 1. The van der Waals surface area contributed by atoms with E-state index in [1.165, 1.54) is 36.3 Å². The molecule has 0 amide bonds. The quantitative estimate of drug-likeness (QED) is 0.555. The molecule has 2 heterocycles. The van der Waals surface area contributed by atoms with Crippen LogP contribution < -0.4 is 20.8 Å². The van der Waals surface area contributed by atoms with Gasteiger partial charge in [-0.25, -0.2) is 18.5 Å². The van der Waals surface area contributed by atoms with Crippen LogP contribution in [0, 0.1) is 0 Å². The molecular weight excluding hydrogens is 440 g/mol. The number of anilines is 1. The molecule has 0 atom stereocenters. The SMILES string of the molecule is COc1cc(N2CCCC(F)(F)C2)ccc1-n1ccc(=O)c(C(C=CN)=Nc2ccccc2)n1. The van der Waals surface area contributed by atoms with Gasteiger partial charge < -0.3 is 15.4 Å². The first-order valence-corrected chi connectivity index (χ1v) is 10.8. The number of halogens is 2. The van der Waals surface area contributed by atoms with Gasteiger partial charge in [0.25, 0.3) is 5.92 Å². The monoisotopic (exact) mass is 465 g/mol. The highest BCUT2D eigenvalue weighted by Gasteiger charge is 2.35. The van der Waals surface area contributed by atoms with Gasteiger partial charge in [-0.3, -0.25) is 4.79 Å². The Morgan fingerprint density at radius 3 is 2.71 bits per heavy atom. The zero-order valence-corrected chi connectivity index (χ0v) is 18.7. The highest BCUT2D eigenvalue weighted by molar-refractivity contribution is 6.08. The third-order valence-corrected chi connectivity index (χ3v) is 5.48. The van der Waals surface area contributed by atoms with E-state index in [-0.39, 0.29) is 24.1 Å². The number of alkyl halides is 2. The van der Waals surface area contributed by atoms with E-state index >= 15 is 0 Å². The lowest BCUT2D eigenvalue weighted by Crippen LogP contribution is -2.42. The number of piperidine rings is 1. The lowest BCUT2D eigenvalue weighted by molar-refractivity contribution is -0.0116. The molecule has 1 saturated heterocycles. The molecule has 9 heteroatoms. The molecule has 2 aromatic carbocycles. The number of ether oxygens (including phenoxy) is 1. The van der Waals surface area contributed by atoms with E-state index < -0.39 is 5.92 Å². The minimum absolute atomic E-state index is 0.104. The van der Waals surface area contributed by atoms with Gasteiger partial charge in [-0.1, -0.05) is 18.2 Å². The van der Waals surface area contributed by atoms with Gasteiger partial charge in [-0.05, 0) is 43.0 Å². The summed E-state index contributed by atoms with van der Waals surface area (Å²) in [4.78, 5) is 18.8. The summed E-state index contributed by atoms with van der Waals surface area (Å²) >= 11 is 0. The van der Waals surface area contributed by atoms with Gasteiger partial charge in [-0.2, -0.15) is 5.10 Å². The second-order valence-corrected chi connectivity index (χ2v) is 7.90. The summed E-state index contributed by atoms with van der Waals surface area (Å²) in [5.41, 5.74) is 7.51. The summed E-state index contributed by atoms with van der Waals surface area (Å²) < 4.78 is 34.8. The summed E-state index contributed by atoms with van der Waals surface area (Å²) in [5, 5.41) is 4.48. The summed E-state index contributed by atoms with van der Waals surface area (Å²) in [6, 6.07) is 15.7. The number of nitrogens with zero attached hydrogens (tertiary/aromatic N) is 4. The molecule has 2 N–H and O–H groups in total. The molecule has 7 nitrogen and oxygen atoms in total. The number of aliphatic imine (C=N–C) groups is 1. The molecule has 1 aliphatic heterocycles. The maximum Gasteiger partial charge on any atom is 0.265 e. The molecule has 3 aromatic rings. The van der Waals surface area contributed by atoms with E-state index in [4.69, 9.17) is 10.5 Å². The van der Waals surface area contributed by atoms with Gasteiger partial charge in [0.2, 0.25) is 5.43 Å². The summed E-state index contributed by atoms with van der Waals surface area (Å²) in [6.45, 7) is 0.212. The molecule has 0 aliphatic carbocycles. The molecule has 176 valence electrons. The molecule has 0 radical (unpaired) electrons. The zero-order valence-electron chi connectivity index (χ0n) is 18.7. The Bertz CT molecular complexity index is 1270. The number of methoxy groups -OCH3 is 1. The van der Waals surface area contributed by atoms with Gasteiger partial charge in [-0.15, -0.1) is 0 Å². The van der Waals surface area contributed by atoms with Crippen molar-refractivity contribution in [2.45, 2.75) is 18.8 Å². The van der Waals surface area contributed by atoms with Crippen molar-refractivity contribution in [1.29, 1.82) is 0 Å². The van der Waals surface area contributed by atoms with E-state index in [1.54, 1.807) is 35.2 Å². The fourth-order valence-corrected chi connectivity index (χ4v) is 3.86. The van der Waals surface area contributed by atoms with Gasteiger partial charge in [0.15, 0.2) is 5.69 Å². The van der Waals surface area contributed by atoms with Gasteiger partial charge in [0, 0.05) is 37.0 Å². The average molecular weight is 466 g/mol. The number of hydrogen-bond donors (Lipinski definition) is 1. The Balaban J connectivity index is 1.73. The molecule has 0 saturated carbocycles.